The van der Waals surface area contributed by atoms with Gasteiger partial charge in [-0.05, 0) is 19.9 Å². The van der Waals surface area contributed by atoms with E-state index >= 15 is 0 Å². The van der Waals surface area contributed by atoms with Gasteiger partial charge in [0.2, 0.25) is 0 Å². The molecule has 0 atom stereocenters. The van der Waals surface area contributed by atoms with Crippen molar-refractivity contribution in [2.75, 3.05) is 6.61 Å². The molecule has 0 saturated carbocycles. The summed E-state index contributed by atoms with van der Waals surface area (Å²) in [5, 5.41) is 4.12. The van der Waals surface area contributed by atoms with Crippen LogP contribution in [0.1, 0.15) is 33.5 Å². The van der Waals surface area contributed by atoms with Crippen LogP contribution < -0.4 is 0 Å². The molecule has 5 nitrogen and oxygen atoms in total. The number of ether oxygens (including phenoxy) is 1. The number of aromatic nitrogens is 2. The lowest BCUT2D eigenvalue weighted by Gasteiger charge is -2.03. The van der Waals surface area contributed by atoms with E-state index in [-0.39, 0.29) is 18.0 Å². The van der Waals surface area contributed by atoms with Crippen LogP contribution in [-0.2, 0) is 11.3 Å². The predicted molar refractivity (Wildman–Crippen MR) is 73.7 cm³/mol. The zero-order valence-electron chi connectivity index (χ0n) is 11.5. The Balaban J connectivity index is 2.14. The Labute approximate surface area is 117 Å². The maximum absolute atomic E-state index is 12.1. The number of ketones is 1. The second-order valence-corrected chi connectivity index (χ2v) is 4.34. The summed E-state index contributed by atoms with van der Waals surface area (Å²) >= 11 is 0. The molecule has 20 heavy (non-hydrogen) atoms. The van der Waals surface area contributed by atoms with E-state index in [1.165, 1.54) is 4.68 Å². The maximum atomic E-state index is 12.1. The van der Waals surface area contributed by atoms with Gasteiger partial charge < -0.3 is 4.74 Å². The summed E-state index contributed by atoms with van der Waals surface area (Å²) in [6.45, 7) is 3.94. The van der Waals surface area contributed by atoms with Crippen LogP contribution in [0, 0.1) is 6.92 Å². The lowest BCUT2D eigenvalue weighted by atomic mass is 10.1. The standard InChI is InChI=1S/C15H16N2O3/c1-3-20-15(19)13-9-11(2)17(16-13)10-14(18)12-7-5-4-6-8-12/h4-9H,3,10H2,1-2H3. The highest BCUT2D eigenvalue weighted by molar-refractivity contribution is 5.96. The SMILES string of the molecule is CCOC(=O)c1cc(C)n(CC(=O)c2ccccc2)n1. The van der Waals surface area contributed by atoms with Gasteiger partial charge in [0.25, 0.3) is 0 Å². The Morgan fingerprint density at radius 1 is 1.25 bits per heavy atom. The van der Waals surface area contributed by atoms with Crippen molar-refractivity contribution in [2.45, 2.75) is 20.4 Å². The molecule has 1 heterocycles. The van der Waals surface area contributed by atoms with Gasteiger partial charge in [0, 0.05) is 11.3 Å². The normalized spacial score (nSPS) is 10.3. The van der Waals surface area contributed by atoms with Crippen LogP contribution >= 0.6 is 0 Å². The molecule has 0 radical (unpaired) electrons. The van der Waals surface area contributed by atoms with Gasteiger partial charge in [-0.2, -0.15) is 5.10 Å². The molecule has 0 N–H and O–H groups in total. The Hall–Kier alpha value is -2.43. The van der Waals surface area contributed by atoms with Crippen molar-refractivity contribution in [3.8, 4) is 0 Å². The predicted octanol–water partition coefficient (Wildman–Crippen LogP) is 2.25. The molecule has 0 amide bonds. The number of nitrogens with zero attached hydrogens (tertiary/aromatic N) is 2. The average Bonchev–Trinajstić information content (AvgIpc) is 2.81. The number of carbonyl (C=O) groups excluding carboxylic acids is 2. The Morgan fingerprint density at radius 3 is 2.60 bits per heavy atom. The minimum Gasteiger partial charge on any atom is -0.461 e. The summed E-state index contributed by atoms with van der Waals surface area (Å²) in [4.78, 5) is 23.7. The van der Waals surface area contributed by atoms with Gasteiger partial charge in [0.05, 0.1) is 6.61 Å². The van der Waals surface area contributed by atoms with E-state index in [0.717, 1.165) is 5.69 Å². The third-order valence-corrected chi connectivity index (χ3v) is 2.85. The second kappa shape index (κ2) is 6.14. The molecule has 2 rings (SSSR count). The fourth-order valence-electron chi connectivity index (χ4n) is 1.83. The summed E-state index contributed by atoms with van der Waals surface area (Å²) in [5.41, 5.74) is 1.60. The third-order valence-electron chi connectivity index (χ3n) is 2.85. The topological polar surface area (TPSA) is 61.2 Å². The van der Waals surface area contributed by atoms with Crippen LogP contribution in [0.15, 0.2) is 36.4 Å². The first-order valence-electron chi connectivity index (χ1n) is 6.41. The Bertz CT molecular complexity index is 617. The highest BCUT2D eigenvalue weighted by atomic mass is 16.5. The van der Waals surface area contributed by atoms with Crippen molar-refractivity contribution in [1.29, 1.82) is 0 Å². The monoisotopic (exact) mass is 272 g/mol. The van der Waals surface area contributed by atoms with Crippen molar-refractivity contribution in [3.63, 3.8) is 0 Å². The average molecular weight is 272 g/mol. The number of hydrogen-bond acceptors (Lipinski definition) is 4. The molecule has 0 bridgehead atoms. The zero-order valence-corrected chi connectivity index (χ0v) is 11.5. The number of carbonyl (C=O) groups is 2. The van der Waals surface area contributed by atoms with Crippen LogP contribution in [-0.4, -0.2) is 28.1 Å². The molecule has 0 aliphatic rings. The number of aryl methyl sites for hydroxylation is 1. The van der Waals surface area contributed by atoms with Crippen molar-refractivity contribution >= 4 is 11.8 Å². The van der Waals surface area contributed by atoms with Crippen LogP contribution in [0.2, 0.25) is 0 Å². The number of rotatable bonds is 5. The Kier molecular flexibility index (Phi) is 4.30. The number of benzene rings is 1. The van der Waals surface area contributed by atoms with Gasteiger partial charge >= 0.3 is 5.97 Å². The lowest BCUT2D eigenvalue weighted by Crippen LogP contribution is -2.14. The Morgan fingerprint density at radius 2 is 1.95 bits per heavy atom. The molecule has 104 valence electrons. The number of hydrogen-bond donors (Lipinski definition) is 0. The molecule has 0 saturated heterocycles. The van der Waals surface area contributed by atoms with Gasteiger partial charge in [-0.25, -0.2) is 4.79 Å². The van der Waals surface area contributed by atoms with Crippen LogP contribution in [0.25, 0.3) is 0 Å². The summed E-state index contributed by atoms with van der Waals surface area (Å²) in [7, 11) is 0. The highest BCUT2D eigenvalue weighted by Crippen LogP contribution is 2.08. The molecular formula is C15H16N2O3. The maximum Gasteiger partial charge on any atom is 0.358 e. The second-order valence-electron chi connectivity index (χ2n) is 4.34. The fraction of sp³-hybridized carbons (Fsp3) is 0.267. The number of Topliss-reactive ketones (excluding diaryl/α,β-unsaturated/α-hetero) is 1. The molecule has 2 aromatic rings. The minimum absolute atomic E-state index is 0.0489. The van der Waals surface area contributed by atoms with Crippen molar-refractivity contribution in [1.82, 2.24) is 9.78 Å². The first kappa shape index (κ1) is 14.0. The molecule has 1 aromatic carbocycles. The van der Waals surface area contributed by atoms with Crippen LogP contribution in [0.5, 0.6) is 0 Å². The summed E-state index contributed by atoms with van der Waals surface area (Å²) in [5.74, 6) is -0.520. The first-order chi connectivity index (χ1) is 9.61. The molecule has 0 spiro atoms. The molecule has 0 aliphatic heterocycles. The first-order valence-corrected chi connectivity index (χ1v) is 6.41. The van der Waals surface area contributed by atoms with Crippen molar-refractivity contribution in [3.05, 3.63) is 53.3 Å². The van der Waals surface area contributed by atoms with Gasteiger partial charge in [0.15, 0.2) is 11.5 Å². The van der Waals surface area contributed by atoms with Gasteiger partial charge in [-0.15, -0.1) is 0 Å². The lowest BCUT2D eigenvalue weighted by molar-refractivity contribution is 0.0517. The third kappa shape index (κ3) is 3.12. The summed E-state index contributed by atoms with van der Waals surface area (Å²) in [6.07, 6.45) is 0. The van der Waals surface area contributed by atoms with E-state index in [4.69, 9.17) is 4.74 Å². The molecule has 0 fully saturated rings. The number of esters is 1. The van der Waals surface area contributed by atoms with Gasteiger partial charge in [-0.1, -0.05) is 30.3 Å². The highest BCUT2D eigenvalue weighted by Gasteiger charge is 2.15. The van der Waals surface area contributed by atoms with E-state index in [1.54, 1.807) is 32.0 Å². The van der Waals surface area contributed by atoms with E-state index < -0.39 is 5.97 Å². The smallest absolute Gasteiger partial charge is 0.358 e. The van der Waals surface area contributed by atoms with E-state index in [1.807, 2.05) is 18.2 Å². The molecule has 0 unspecified atom stereocenters. The molecule has 0 aliphatic carbocycles. The van der Waals surface area contributed by atoms with Crippen LogP contribution in [0.4, 0.5) is 0 Å². The largest absolute Gasteiger partial charge is 0.461 e. The van der Waals surface area contributed by atoms with Gasteiger partial charge in [0.1, 0.15) is 6.54 Å². The molecule has 5 heteroatoms. The summed E-state index contributed by atoms with van der Waals surface area (Å²) < 4.78 is 6.40. The fourth-order valence-corrected chi connectivity index (χ4v) is 1.83. The van der Waals surface area contributed by atoms with E-state index in [2.05, 4.69) is 5.10 Å². The van der Waals surface area contributed by atoms with Crippen molar-refractivity contribution < 1.29 is 14.3 Å². The van der Waals surface area contributed by atoms with Crippen LogP contribution in [0.3, 0.4) is 0 Å². The van der Waals surface area contributed by atoms with E-state index in [0.29, 0.717) is 12.2 Å². The van der Waals surface area contributed by atoms with Crippen molar-refractivity contribution in [2.24, 2.45) is 0 Å². The minimum atomic E-state index is -0.471. The van der Waals surface area contributed by atoms with Gasteiger partial charge in [-0.3, -0.25) is 9.48 Å². The molecular weight excluding hydrogens is 256 g/mol. The quantitative estimate of drug-likeness (QED) is 0.618. The summed E-state index contributed by atoms with van der Waals surface area (Å²) in [6, 6.07) is 10.6. The van der Waals surface area contributed by atoms with E-state index in [9.17, 15) is 9.59 Å². The zero-order chi connectivity index (χ0) is 14.5. The molecule has 1 aromatic heterocycles.